The zero-order valence-electron chi connectivity index (χ0n) is 15.0. The third-order valence-electron chi connectivity index (χ3n) is 4.77. The Morgan fingerprint density at radius 3 is 2.30 bits per heavy atom. The molecular formula is C21H22F2N2O2. The number of rotatable bonds is 4. The molecule has 0 spiro atoms. The van der Waals surface area contributed by atoms with Crippen molar-refractivity contribution in [1.82, 2.24) is 9.80 Å². The quantitative estimate of drug-likeness (QED) is 0.827. The molecule has 0 atom stereocenters. The second-order valence-electron chi connectivity index (χ2n) is 6.64. The summed E-state index contributed by atoms with van der Waals surface area (Å²) in [5.74, 6) is -2.28. The third kappa shape index (κ3) is 4.90. The molecule has 0 aliphatic carbocycles. The van der Waals surface area contributed by atoms with Gasteiger partial charge in [0.15, 0.2) is 11.6 Å². The van der Waals surface area contributed by atoms with Crippen molar-refractivity contribution in [2.75, 3.05) is 26.2 Å². The molecule has 1 fully saturated rings. The Balaban J connectivity index is 1.55. The van der Waals surface area contributed by atoms with E-state index >= 15 is 0 Å². The molecule has 1 aliphatic rings. The second kappa shape index (κ2) is 8.75. The lowest BCUT2D eigenvalue weighted by Gasteiger charge is -2.22. The van der Waals surface area contributed by atoms with E-state index in [4.69, 9.17) is 0 Å². The molecule has 2 aromatic rings. The van der Waals surface area contributed by atoms with Crippen LogP contribution in [0.3, 0.4) is 0 Å². The largest absolute Gasteiger partial charge is 0.341 e. The van der Waals surface area contributed by atoms with Crippen LogP contribution in [0.1, 0.15) is 28.8 Å². The highest BCUT2D eigenvalue weighted by Gasteiger charge is 2.23. The molecule has 0 aromatic heterocycles. The van der Waals surface area contributed by atoms with Crippen molar-refractivity contribution in [1.29, 1.82) is 0 Å². The topological polar surface area (TPSA) is 40.6 Å². The van der Waals surface area contributed by atoms with Crippen molar-refractivity contribution in [3.8, 4) is 0 Å². The summed E-state index contributed by atoms with van der Waals surface area (Å²) >= 11 is 0. The van der Waals surface area contributed by atoms with Gasteiger partial charge in [-0.1, -0.05) is 30.3 Å². The third-order valence-corrected chi connectivity index (χ3v) is 4.77. The maximum Gasteiger partial charge on any atom is 0.254 e. The van der Waals surface area contributed by atoms with Gasteiger partial charge >= 0.3 is 0 Å². The number of carbonyl (C=O) groups excluding carboxylic acids is 2. The number of nitrogens with zero attached hydrogens (tertiary/aromatic N) is 2. The van der Waals surface area contributed by atoms with Gasteiger partial charge in [-0.3, -0.25) is 9.59 Å². The van der Waals surface area contributed by atoms with E-state index in [9.17, 15) is 18.4 Å². The van der Waals surface area contributed by atoms with E-state index in [0.717, 1.165) is 17.7 Å². The minimum Gasteiger partial charge on any atom is -0.341 e. The molecule has 2 amide bonds. The van der Waals surface area contributed by atoms with Crippen LogP contribution in [-0.2, 0) is 11.2 Å². The molecule has 0 N–H and O–H groups in total. The van der Waals surface area contributed by atoms with Crippen LogP contribution < -0.4 is 0 Å². The van der Waals surface area contributed by atoms with Gasteiger partial charge in [0.25, 0.3) is 5.91 Å². The van der Waals surface area contributed by atoms with Crippen LogP contribution in [0.4, 0.5) is 8.78 Å². The summed E-state index contributed by atoms with van der Waals surface area (Å²) in [5.41, 5.74) is 1.24. The first kappa shape index (κ1) is 19.0. The summed E-state index contributed by atoms with van der Waals surface area (Å²) in [4.78, 5) is 28.4. The first-order valence-corrected chi connectivity index (χ1v) is 9.10. The molecule has 0 saturated carbocycles. The Hall–Kier alpha value is -2.76. The van der Waals surface area contributed by atoms with Gasteiger partial charge in [-0.25, -0.2) is 8.78 Å². The standard InChI is InChI=1S/C21H22F2N2O2/c22-18-9-8-17(15-19(18)23)21(27)25-12-4-11-24(13-14-25)20(26)10-7-16-5-2-1-3-6-16/h1-3,5-6,8-9,15H,4,7,10-14H2. The van der Waals surface area contributed by atoms with Crippen molar-refractivity contribution in [3.63, 3.8) is 0 Å². The summed E-state index contributed by atoms with van der Waals surface area (Å²) in [7, 11) is 0. The molecule has 2 aromatic carbocycles. The van der Waals surface area contributed by atoms with Gasteiger partial charge in [0.1, 0.15) is 0 Å². The molecule has 0 radical (unpaired) electrons. The molecule has 142 valence electrons. The lowest BCUT2D eigenvalue weighted by Crippen LogP contribution is -2.37. The second-order valence-corrected chi connectivity index (χ2v) is 6.64. The average Bonchev–Trinajstić information content (AvgIpc) is 2.95. The predicted molar refractivity (Wildman–Crippen MR) is 98.2 cm³/mol. The van der Waals surface area contributed by atoms with Crippen LogP contribution in [0.15, 0.2) is 48.5 Å². The number of aryl methyl sites for hydroxylation is 1. The van der Waals surface area contributed by atoms with Crippen LogP contribution in [0.2, 0.25) is 0 Å². The number of hydrogen-bond acceptors (Lipinski definition) is 2. The van der Waals surface area contributed by atoms with Crippen LogP contribution in [-0.4, -0.2) is 47.8 Å². The van der Waals surface area contributed by atoms with E-state index in [1.165, 1.54) is 6.07 Å². The SMILES string of the molecule is O=C(CCc1ccccc1)N1CCCN(C(=O)c2ccc(F)c(F)c2)CC1. The molecule has 4 nitrogen and oxygen atoms in total. The molecule has 0 bridgehead atoms. The molecule has 1 aliphatic heterocycles. The van der Waals surface area contributed by atoms with E-state index in [1.54, 1.807) is 9.80 Å². The van der Waals surface area contributed by atoms with Gasteiger partial charge in [-0.05, 0) is 36.6 Å². The molecular weight excluding hydrogens is 350 g/mol. The van der Waals surface area contributed by atoms with Gasteiger partial charge < -0.3 is 9.80 Å². The molecule has 27 heavy (non-hydrogen) atoms. The van der Waals surface area contributed by atoms with Crippen molar-refractivity contribution in [2.24, 2.45) is 0 Å². The Morgan fingerprint density at radius 2 is 1.56 bits per heavy atom. The van der Waals surface area contributed by atoms with Gasteiger partial charge in [0, 0.05) is 38.2 Å². The normalized spacial score (nSPS) is 14.7. The van der Waals surface area contributed by atoms with E-state index in [-0.39, 0.29) is 17.4 Å². The Bertz CT molecular complexity index is 811. The van der Waals surface area contributed by atoms with Gasteiger partial charge in [-0.2, -0.15) is 0 Å². The van der Waals surface area contributed by atoms with Crippen LogP contribution in [0, 0.1) is 11.6 Å². The summed E-state index contributed by atoms with van der Waals surface area (Å²) in [6.45, 7) is 1.91. The Morgan fingerprint density at radius 1 is 0.852 bits per heavy atom. The molecule has 3 rings (SSSR count). The monoisotopic (exact) mass is 372 g/mol. The number of amides is 2. The fraction of sp³-hybridized carbons (Fsp3) is 0.333. The van der Waals surface area contributed by atoms with E-state index in [1.807, 2.05) is 30.3 Å². The van der Waals surface area contributed by atoms with Gasteiger partial charge in [0.2, 0.25) is 5.91 Å². The maximum absolute atomic E-state index is 13.4. The molecule has 1 saturated heterocycles. The molecule has 6 heteroatoms. The summed E-state index contributed by atoms with van der Waals surface area (Å²) in [6.07, 6.45) is 1.78. The highest BCUT2D eigenvalue weighted by atomic mass is 19.2. The summed E-state index contributed by atoms with van der Waals surface area (Å²) in [6, 6.07) is 13.0. The van der Waals surface area contributed by atoms with E-state index in [2.05, 4.69) is 0 Å². The minimum atomic E-state index is -1.03. The zero-order valence-corrected chi connectivity index (χ0v) is 15.0. The lowest BCUT2D eigenvalue weighted by atomic mass is 10.1. The Labute approximate surface area is 157 Å². The predicted octanol–water partition coefficient (Wildman–Crippen LogP) is 3.27. The van der Waals surface area contributed by atoms with Crippen molar-refractivity contribution in [2.45, 2.75) is 19.3 Å². The first-order chi connectivity index (χ1) is 13.0. The average molecular weight is 372 g/mol. The first-order valence-electron chi connectivity index (χ1n) is 9.10. The van der Waals surface area contributed by atoms with Gasteiger partial charge in [-0.15, -0.1) is 0 Å². The summed E-state index contributed by atoms with van der Waals surface area (Å²) in [5, 5.41) is 0. The number of carbonyl (C=O) groups is 2. The highest BCUT2D eigenvalue weighted by molar-refractivity contribution is 5.94. The number of hydrogen-bond donors (Lipinski definition) is 0. The maximum atomic E-state index is 13.4. The van der Waals surface area contributed by atoms with Crippen LogP contribution in [0.25, 0.3) is 0 Å². The highest BCUT2D eigenvalue weighted by Crippen LogP contribution is 2.14. The zero-order chi connectivity index (χ0) is 19.2. The molecule has 0 unspecified atom stereocenters. The van der Waals surface area contributed by atoms with Crippen molar-refractivity contribution < 1.29 is 18.4 Å². The van der Waals surface area contributed by atoms with Crippen molar-refractivity contribution in [3.05, 3.63) is 71.3 Å². The lowest BCUT2D eigenvalue weighted by molar-refractivity contribution is -0.131. The minimum absolute atomic E-state index is 0.0704. The van der Waals surface area contributed by atoms with E-state index < -0.39 is 11.6 Å². The van der Waals surface area contributed by atoms with Gasteiger partial charge in [0.05, 0.1) is 0 Å². The number of halogens is 2. The fourth-order valence-electron chi connectivity index (χ4n) is 3.24. The smallest absolute Gasteiger partial charge is 0.254 e. The van der Waals surface area contributed by atoms with Crippen LogP contribution in [0.5, 0.6) is 0 Å². The molecule has 1 heterocycles. The van der Waals surface area contributed by atoms with Crippen molar-refractivity contribution >= 4 is 11.8 Å². The Kier molecular flexibility index (Phi) is 6.16. The summed E-state index contributed by atoms with van der Waals surface area (Å²) < 4.78 is 26.4. The fourth-order valence-corrected chi connectivity index (χ4v) is 3.24. The van der Waals surface area contributed by atoms with E-state index in [0.29, 0.717) is 45.4 Å². The van der Waals surface area contributed by atoms with Crippen LogP contribution >= 0.6 is 0 Å². The number of benzene rings is 2.